The van der Waals surface area contributed by atoms with E-state index in [4.69, 9.17) is 0 Å². The molecular formula is C23H23N3O. The molecule has 0 saturated carbocycles. The van der Waals surface area contributed by atoms with Crippen molar-refractivity contribution in [3.8, 4) is 0 Å². The van der Waals surface area contributed by atoms with Crippen molar-refractivity contribution in [1.29, 1.82) is 0 Å². The fraction of sp³-hybridized carbons (Fsp3) is 0.217. The van der Waals surface area contributed by atoms with E-state index in [0.717, 1.165) is 30.6 Å². The van der Waals surface area contributed by atoms with Crippen LogP contribution in [0.3, 0.4) is 0 Å². The first-order chi connectivity index (χ1) is 13.2. The lowest BCUT2D eigenvalue weighted by molar-refractivity contribution is 0.0950. The van der Waals surface area contributed by atoms with E-state index in [-0.39, 0.29) is 5.91 Å². The lowest BCUT2D eigenvalue weighted by atomic mass is 10.0. The van der Waals surface area contributed by atoms with E-state index >= 15 is 0 Å². The van der Waals surface area contributed by atoms with Gasteiger partial charge in [0.25, 0.3) is 5.91 Å². The highest BCUT2D eigenvalue weighted by atomic mass is 16.1. The molecule has 1 amide bonds. The van der Waals surface area contributed by atoms with E-state index in [0.29, 0.717) is 12.1 Å². The number of carbonyl (C=O) groups excluding carboxylic acids is 1. The van der Waals surface area contributed by atoms with Crippen molar-refractivity contribution in [3.63, 3.8) is 0 Å². The molecule has 0 spiro atoms. The molecule has 1 aliphatic heterocycles. The van der Waals surface area contributed by atoms with Crippen LogP contribution in [0.5, 0.6) is 0 Å². The van der Waals surface area contributed by atoms with Crippen molar-refractivity contribution >= 4 is 17.3 Å². The zero-order valence-corrected chi connectivity index (χ0v) is 15.5. The number of anilines is 2. The Morgan fingerprint density at radius 3 is 2.81 bits per heavy atom. The molecule has 4 nitrogen and oxygen atoms in total. The van der Waals surface area contributed by atoms with Crippen LogP contribution in [0.4, 0.5) is 11.4 Å². The van der Waals surface area contributed by atoms with Crippen LogP contribution in [0.1, 0.15) is 33.5 Å². The van der Waals surface area contributed by atoms with Gasteiger partial charge >= 0.3 is 0 Å². The molecular weight excluding hydrogens is 334 g/mol. The van der Waals surface area contributed by atoms with Crippen molar-refractivity contribution in [2.75, 3.05) is 11.4 Å². The average Bonchev–Trinajstić information content (AvgIpc) is 2.72. The fourth-order valence-electron chi connectivity index (χ4n) is 3.59. The first-order valence-electron chi connectivity index (χ1n) is 9.35. The summed E-state index contributed by atoms with van der Waals surface area (Å²) in [6, 6.07) is 18.5. The number of fused-ring (bicyclic) bond motifs is 1. The standard InChI is InChI=1S/C23H23N3O/c1-17-7-2-3-9-19(17)15-25-23(27)20-13-21(16-24-14-20)26-12-6-10-18-8-4-5-11-22(18)26/h2-5,7-9,11,13-14,16H,6,10,12,15H2,1H3,(H,25,27). The third kappa shape index (κ3) is 3.70. The Morgan fingerprint density at radius 1 is 1.11 bits per heavy atom. The van der Waals surface area contributed by atoms with Gasteiger partial charge in [0.1, 0.15) is 0 Å². The second-order valence-corrected chi connectivity index (χ2v) is 6.92. The fourth-order valence-corrected chi connectivity index (χ4v) is 3.59. The van der Waals surface area contributed by atoms with Crippen molar-refractivity contribution in [2.45, 2.75) is 26.3 Å². The number of nitrogens with zero attached hydrogens (tertiary/aromatic N) is 2. The molecule has 1 aromatic heterocycles. The summed E-state index contributed by atoms with van der Waals surface area (Å²) in [6.07, 6.45) is 5.66. The van der Waals surface area contributed by atoms with Crippen LogP contribution in [-0.2, 0) is 13.0 Å². The Balaban J connectivity index is 1.53. The van der Waals surface area contributed by atoms with E-state index < -0.39 is 0 Å². The molecule has 0 unspecified atom stereocenters. The SMILES string of the molecule is Cc1ccccc1CNC(=O)c1cncc(N2CCCc3ccccc32)c1. The summed E-state index contributed by atoms with van der Waals surface area (Å²) >= 11 is 0. The van der Waals surface area contributed by atoms with E-state index in [9.17, 15) is 4.79 Å². The van der Waals surface area contributed by atoms with Crippen LogP contribution in [0.2, 0.25) is 0 Å². The van der Waals surface area contributed by atoms with Gasteiger partial charge in [0.2, 0.25) is 0 Å². The predicted molar refractivity (Wildman–Crippen MR) is 108 cm³/mol. The highest BCUT2D eigenvalue weighted by Gasteiger charge is 2.19. The Morgan fingerprint density at radius 2 is 1.93 bits per heavy atom. The smallest absolute Gasteiger partial charge is 0.253 e. The molecule has 0 radical (unpaired) electrons. The number of carbonyl (C=O) groups is 1. The van der Waals surface area contributed by atoms with Crippen molar-refractivity contribution < 1.29 is 4.79 Å². The number of aromatic nitrogens is 1. The minimum Gasteiger partial charge on any atom is -0.348 e. The lowest BCUT2D eigenvalue weighted by Crippen LogP contribution is -2.26. The zero-order chi connectivity index (χ0) is 18.6. The van der Waals surface area contributed by atoms with Gasteiger partial charge in [0, 0.05) is 25.0 Å². The van der Waals surface area contributed by atoms with Crippen molar-refractivity contribution in [2.24, 2.45) is 0 Å². The molecule has 0 atom stereocenters. The number of amides is 1. The molecule has 1 aliphatic rings. The molecule has 1 N–H and O–H groups in total. The Labute approximate surface area is 159 Å². The van der Waals surface area contributed by atoms with Crippen molar-refractivity contribution in [1.82, 2.24) is 10.3 Å². The summed E-state index contributed by atoms with van der Waals surface area (Å²) in [5.41, 5.74) is 6.41. The number of rotatable bonds is 4. The highest BCUT2D eigenvalue weighted by molar-refractivity contribution is 5.95. The minimum absolute atomic E-state index is 0.0992. The number of hydrogen-bond acceptors (Lipinski definition) is 3. The molecule has 0 fully saturated rings. The minimum atomic E-state index is -0.0992. The van der Waals surface area contributed by atoms with E-state index in [2.05, 4.69) is 52.5 Å². The summed E-state index contributed by atoms with van der Waals surface area (Å²) in [4.78, 5) is 19.2. The zero-order valence-electron chi connectivity index (χ0n) is 15.5. The van der Waals surface area contributed by atoms with Crippen LogP contribution in [0.15, 0.2) is 67.0 Å². The molecule has 3 aromatic rings. The number of para-hydroxylation sites is 1. The number of nitrogens with one attached hydrogen (secondary N) is 1. The average molecular weight is 357 g/mol. The van der Waals surface area contributed by atoms with Gasteiger partial charge in [-0.3, -0.25) is 9.78 Å². The molecule has 4 rings (SSSR count). The summed E-state index contributed by atoms with van der Waals surface area (Å²) < 4.78 is 0. The first-order valence-corrected chi connectivity index (χ1v) is 9.35. The number of hydrogen-bond donors (Lipinski definition) is 1. The second-order valence-electron chi connectivity index (χ2n) is 6.92. The number of aryl methyl sites for hydroxylation is 2. The van der Waals surface area contributed by atoms with Gasteiger partial charge < -0.3 is 10.2 Å². The molecule has 2 heterocycles. The van der Waals surface area contributed by atoms with Crippen LogP contribution in [0, 0.1) is 6.92 Å². The summed E-state index contributed by atoms with van der Waals surface area (Å²) in [5.74, 6) is -0.0992. The van der Waals surface area contributed by atoms with Crippen LogP contribution >= 0.6 is 0 Å². The van der Waals surface area contributed by atoms with Crippen LogP contribution < -0.4 is 10.2 Å². The molecule has 2 aromatic carbocycles. The molecule has 4 heteroatoms. The Bertz CT molecular complexity index is 967. The van der Waals surface area contributed by atoms with E-state index in [1.807, 2.05) is 30.5 Å². The lowest BCUT2D eigenvalue weighted by Gasteiger charge is -2.31. The Kier molecular flexibility index (Phi) is 4.88. The summed E-state index contributed by atoms with van der Waals surface area (Å²) in [7, 11) is 0. The monoisotopic (exact) mass is 357 g/mol. The van der Waals surface area contributed by atoms with Crippen molar-refractivity contribution in [3.05, 3.63) is 89.2 Å². The van der Waals surface area contributed by atoms with Crippen LogP contribution in [-0.4, -0.2) is 17.4 Å². The quantitative estimate of drug-likeness (QED) is 0.752. The molecule has 0 saturated heterocycles. The number of benzene rings is 2. The van der Waals surface area contributed by atoms with E-state index in [1.54, 1.807) is 6.20 Å². The van der Waals surface area contributed by atoms with Gasteiger partial charge in [0.15, 0.2) is 0 Å². The third-order valence-electron chi connectivity index (χ3n) is 5.11. The van der Waals surface area contributed by atoms with Gasteiger partial charge in [-0.15, -0.1) is 0 Å². The van der Waals surface area contributed by atoms with Gasteiger partial charge in [-0.2, -0.15) is 0 Å². The van der Waals surface area contributed by atoms with Gasteiger partial charge in [0.05, 0.1) is 17.4 Å². The summed E-state index contributed by atoms with van der Waals surface area (Å²) in [6.45, 7) is 3.51. The first kappa shape index (κ1) is 17.3. The highest BCUT2D eigenvalue weighted by Crippen LogP contribution is 2.33. The van der Waals surface area contributed by atoms with Gasteiger partial charge in [-0.05, 0) is 48.6 Å². The van der Waals surface area contributed by atoms with Gasteiger partial charge in [-0.1, -0.05) is 42.5 Å². The Hall–Kier alpha value is -3.14. The third-order valence-corrected chi connectivity index (χ3v) is 5.11. The maximum absolute atomic E-state index is 12.6. The molecule has 0 aliphatic carbocycles. The molecule has 27 heavy (non-hydrogen) atoms. The molecule has 136 valence electrons. The molecule has 0 bridgehead atoms. The maximum Gasteiger partial charge on any atom is 0.253 e. The topological polar surface area (TPSA) is 45.2 Å². The summed E-state index contributed by atoms with van der Waals surface area (Å²) in [5, 5.41) is 3.01. The maximum atomic E-state index is 12.6. The predicted octanol–water partition coefficient (Wildman–Crippen LogP) is 4.40. The second kappa shape index (κ2) is 7.62. The normalized spacial score (nSPS) is 13.1. The number of pyridine rings is 1. The van der Waals surface area contributed by atoms with E-state index in [1.165, 1.54) is 16.8 Å². The van der Waals surface area contributed by atoms with Crippen LogP contribution in [0.25, 0.3) is 0 Å². The largest absolute Gasteiger partial charge is 0.348 e. The van der Waals surface area contributed by atoms with Gasteiger partial charge in [-0.25, -0.2) is 0 Å².